The predicted octanol–water partition coefficient (Wildman–Crippen LogP) is 12.5. The Labute approximate surface area is 256 Å². The van der Waals surface area contributed by atoms with Crippen molar-refractivity contribution in [2.45, 2.75) is 0 Å². The molecule has 0 radical (unpaired) electrons. The highest BCUT2D eigenvalue weighted by molar-refractivity contribution is 6.22. The van der Waals surface area contributed by atoms with Crippen LogP contribution in [-0.4, -0.2) is 0 Å². The lowest BCUT2D eigenvalue weighted by Crippen LogP contribution is -1.92. The number of rotatable bonds is 3. The highest BCUT2D eigenvalue weighted by Crippen LogP contribution is 2.45. The molecule has 0 aliphatic carbocycles. The van der Waals surface area contributed by atoms with Gasteiger partial charge in [0, 0.05) is 0 Å². The summed E-state index contributed by atoms with van der Waals surface area (Å²) in [5.41, 5.74) is 7.51. The Morgan fingerprint density at radius 1 is 0.205 bits per heavy atom. The maximum Gasteiger partial charge on any atom is -0.00259 e. The summed E-state index contributed by atoms with van der Waals surface area (Å²) in [4.78, 5) is 0. The number of hydrogen-bond donors (Lipinski definition) is 0. The third kappa shape index (κ3) is 3.92. The molecule has 0 aliphatic rings. The molecule has 0 heterocycles. The Hall–Kier alpha value is -5.72. The van der Waals surface area contributed by atoms with Crippen LogP contribution in [0.1, 0.15) is 0 Å². The molecule has 204 valence electrons. The van der Waals surface area contributed by atoms with Gasteiger partial charge in [-0.15, -0.1) is 0 Å². The van der Waals surface area contributed by atoms with Gasteiger partial charge in [-0.2, -0.15) is 0 Å². The molecule has 0 aromatic heterocycles. The third-order valence-corrected chi connectivity index (χ3v) is 9.20. The fourth-order valence-corrected chi connectivity index (χ4v) is 7.12. The second-order valence-corrected chi connectivity index (χ2v) is 11.7. The van der Waals surface area contributed by atoms with Crippen LogP contribution in [0.4, 0.5) is 0 Å². The second kappa shape index (κ2) is 9.93. The molecule has 0 N–H and O–H groups in total. The smallest absolute Gasteiger partial charge is 0.00259 e. The van der Waals surface area contributed by atoms with Crippen LogP contribution in [0, 0.1) is 0 Å². The van der Waals surface area contributed by atoms with E-state index in [1.54, 1.807) is 0 Å². The SMILES string of the molecule is c1ccc(-c2c3ccccc3c(-c3ccc4c(ccc5ccccc54)c3)c3cc(-c4ccc5ccccc5c4)ccc23)cc1. The van der Waals surface area contributed by atoms with Crippen LogP contribution >= 0.6 is 0 Å². The first-order valence-electron chi connectivity index (χ1n) is 15.3. The van der Waals surface area contributed by atoms with E-state index in [2.05, 4.69) is 170 Å². The normalized spacial score (nSPS) is 11.6. The molecular formula is C44H28. The van der Waals surface area contributed by atoms with Crippen molar-refractivity contribution in [1.82, 2.24) is 0 Å². The fourth-order valence-electron chi connectivity index (χ4n) is 7.12. The molecule has 0 heteroatoms. The molecule has 0 aliphatic heterocycles. The average molecular weight is 557 g/mol. The molecule has 9 aromatic rings. The third-order valence-electron chi connectivity index (χ3n) is 9.20. The molecule has 9 aromatic carbocycles. The zero-order chi connectivity index (χ0) is 29.0. The molecule has 0 saturated carbocycles. The average Bonchev–Trinajstić information content (AvgIpc) is 3.10. The van der Waals surface area contributed by atoms with Crippen LogP contribution in [0.25, 0.3) is 87.2 Å². The van der Waals surface area contributed by atoms with E-state index < -0.39 is 0 Å². The monoisotopic (exact) mass is 556 g/mol. The molecule has 44 heavy (non-hydrogen) atoms. The van der Waals surface area contributed by atoms with Crippen molar-refractivity contribution in [2.75, 3.05) is 0 Å². The van der Waals surface area contributed by atoms with E-state index >= 15 is 0 Å². The van der Waals surface area contributed by atoms with Crippen molar-refractivity contribution in [3.8, 4) is 33.4 Å². The van der Waals surface area contributed by atoms with Gasteiger partial charge in [0.2, 0.25) is 0 Å². The summed E-state index contributed by atoms with van der Waals surface area (Å²) in [7, 11) is 0. The van der Waals surface area contributed by atoms with E-state index in [0.29, 0.717) is 0 Å². The summed E-state index contributed by atoms with van der Waals surface area (Å²) >= 11 is 0. The summed E-state index contributed by atoms with van der Waals surface area (Å²) in [5, 5.41) is 12.7. The van der Waals surface area contributed by atoms with Gasteiger partial charge >= 0.3 is 0 Å². The maximum atomic E-state index is 2.41. The van der Waals surface area contributed by atoms with Gasteiger partial charge in [0.1, 0.15) is 0 Å². The zero-order valence-electron chi connectivity index (χ0n) is 24.2. The lowest BCUT2D eigenvalue weighted by atomic mass is 9.84. The predicted molar refractivity (Wildman–Crippen MR) is 190 cm³/mol. The molecule has 0 saturated heterocycles. The van der Waals surface area contributed by atoms with Crippen LogP contribution in [-0.2, 0) is 0 Å². The van der Waals surface area contributed by atoms with E-state index in [1.165, 1.54) is 87.2 Å². The van der Waals surface area contributed by atoms with Gasteiger partial charge in [-0.3, -0.25) is 0 Å². The minimum atomic E-state index is 1.23. The quantitative estimate of drug-likeness (QED) is 0.150. The van der Waals surface area contributed by atoms with E-state index in [1.807, 2.05) is 0 Å². The van der Waals surface area contributed by atoms with E-state index in [4.69, 9.17) is 0 Å². The Balaban J connectivity index is 1.38. The van der Waals surface area contributed by atoms with Gasteiger partial charge in [-0.25, -0.2) is 0 Å². The standard InChI is InChI=1S/C44H28/c1-2-12-31(13-3-1)43-39-16-8-9-17-40(39)44(36-23-24-38-35(27-36)21-19-30-11-6-7-15-37(30)38)42-28-34(22-25-41(42)43)33-20-18-29-10-4-5-14-32(29)26-33/h1-28H. The molecule has 0 amide bonds. The van der Waals surface area contributed by atoms with E-state index in [0.717, 1.165) is 0 Å². The summed E-state index contributed by atoms with van der Waals surface area (Å²) in [6, 6.07) is 62.4. The highest BCUT2D eigenvalue weighted by Gasteiger charge is 2.18. The van der Waals surface area contributed by atoms with Crippen LogP contribution in [0.3, 0.4) is 0 Å². The van der Waals surface area contributed by atoms with Crippen LogP contribution in [0.15, 0.2) is 170 Å². The Bertz CT molecular complexity index is 2540. The first-order valence-corrected chi connectivity index (χ1v) is 15.3. The Morgan fingerprint density at radius 3 is 1.50 bits per heavy atom. The summed E-state index contributed by atoms with van der Waals surface area (Å²) in [5.74, 6) is 0. The molecular weight excluding hydrogens is 528 g/mol. The topological polar surface area (TPSA) is 0 Å². The largest absolute Gasteiger partial charge is 0.0622 e. The number of fused-ring (bicyclic) bond motifs is 6. The van der Waals surface area contributed by atoms with Crippen molar-refractivity contribution < 1.29 is 0 Å². The Kier molecular flexibility index (Phi) is 5.61. The Morgan fingerprint density at radius 2 is 0.682 bits per heavy atom. The maximum absolute atomic E-state index is 2.41. The minimum absolute atomic E-state index is 1.23. The molecule has 0 spiro atoms. The molecule has 9 rings (SSSR count). The van der Waals surface area contributed by atoms with Crippen molar-refractivity contribution in [1.29, 1.82) is 0 Å². The van der Waals surface area contributed by atoms with Crippen LogP contribution < -0.4 is 0 Å². The van der Waals surface area contributed by atoms with Gasteiger partial charge in [0.15, 0.2) is 0 Å². The van der Waals surface area contributed by atoms with Crippen LogP contribution in [0.2, 0.25) is 0 Å². The van der Waals surface area contributed by atoms with Gasteiger partial charge < -0.3 is 0 Å². The van der Waals surface area contributed by atoms with Crippen molar-refractivity contribution in [3.05, 3.63) is 170 Å². The first kappa shape index (κ1) is 24.8. The number of hydrogen-bond acceptors (Lipinski definition) is 0. The molecule has 0 atom stereocenters. The summed E-state index contributed by atoms with van der Waals surface area (Å²) in [6.45, 7) is 0. The minimum Gasteiger partial charge on any atom is -0.0622 e. The van der Waals surface area contributed by atoms with Crippen molar-refractivity contribution >= 4 is 53.9 Å². The lowest BCUT2D eigenvalue weighted by Gasteiger charge is -2.19. The van der Waals surface area contributed by atoms with E-state index in [9.17, 15) is 0 Å². The highest BCUT2D eigenvalue weighted by atomic mass is 14.2. The molecule has 0 fully saturated rings. The van der Waals surface area contributed by atoms with Gasteiger partial charge in [-0.1, -0.05) is 152 Å². The van der Waals surface area contributed by atoms with E-state index in [-0.39, 0.29) is 0 Å². The lowest BCUT2D eigenvalue weighted by molar-refractivity contribution is 1.65. The zero-order valence-corrected chi connectivity index (χ0v) is 24.2. The van der Waals surface area contributed by atoms with Gasteiger partial charge in [0.25, 0.3) is 0 Å². The second-order valence-electron chi connectivity index (χ2n) is 11.7. The van der Waals surface area contributed by atoms with Gasteiger partial charge in [-0.05, 0) is 105 Å². The summed E-state index contributed by atoms with van der Waals surface area (Å²) in [6.07, 6.45) is 0. The molecule has 0 unspecified atom stereocenters. The first-order chi connectivity index (χ1) is 21.8. The van der Waals surface area contributed by atoms with Crippen LogP contribution in [0.5, 0.6) is 0 Å². The van der Waals surface area contributed by atoms with Crippen molar-refractivity contribution in [2.24, 2.45) is 0 Å². The molecule has 0 bridgehead atoms. The van der Waals surface area contributed by atoms with Crippen molar-refractivity contribution in [3.63, 3.8) is 0 Å². The van der Waals surface area contributed by atoms with Gasteiger partial charge in [0.05, 0.1) is 0 Å². The molecule has 0 nitrogen and oxygen atoms in total. The number of benzene rings is 9. The fraction of sp³-hybridized carbons (Fsp3) is 0. The summed E-state index contributed by atoms with van der Waals surface area (Å²) < 4.78 is 0.